The number of hydrogen-bond donors (Lipinski definition) is 1. The molecule has 1 aromatic carbocycles. The molecule has 1 aliphatic heterocycles. The summed E-state index contributed by atoms with van der Waals surface area (Å²) < 4.78 is 5.66. The summed E-state index contributed by atoms with van der Waals surface area (Å²) >= 11 is 1.55. The lowest BCUT2D eigenvalue weighted by atomic mass is 10.1. The van der Waals surface area contributed by atoms with Crippen molar-refractivity contribution in [3.05, 3.63) is 84.9 Å². The predicted octanol–water partition coefficient (Wildman–Crippen LogP) is 3.47. The lowest BCUT2D eigenvalue weighted by Gasteiger charge is -2.27. The number of rotatable bonds is 3. The molecule has 0 saturated carbocycles. The van der Waals surface area contributed by atoms with Crippen LogP contribution >= 0.6 is 11.3 Å². The van der Waals surface area contributed by atoms with Crippen molar-refractivity contribution in [2.75, 3.05) is 6.54 Å². The van der Waals surface area contributed by atoms with Crippen LogP contribution in [0.2, 0.25) is 0 Å². The molecule has 29 heavy (non-hydrogen) atoms. The van der Waals surface area contributed by atoms with E-state index in [0.717, 1.165) is 22.7 Å². The van der Waals surface area contributed by atoms with Crippen molar-refractivity contribution in [2.45, 2.75) is 26.4 Å². The molecule has 0 amide bonds. The van der Waals surface area contributed by atoms with Crippen LogP contribution < -0.4 is 11.0 Å². The number of nitrogens with one attached hydrogen (secondary N) is 1. The van der Waals surface area contributed by atoms with Gasteiger partial charge in [-0.25, -0.2) is 4.98 Å². The molecule has 0 atom stereocenters. The Morgan fingerprint density at radius 1 is 1.28 bits per heavy atom. The van der Waals surface area contributed by atoms with Crippen molar-refractivity contribution >= 4 is 22.3 Å². The summed E-state index contributed by atoms with van der Waals surface area (Å²) in [6.07, 6.45) is 2.22. The monoisotopic (exact) mass is 405 g/mol. The Morgan fingerprint density at radius 2 is 2.17 bits per heavy atom. The molecule has 3 aromatic heterocycles. The molecule has 0 spiro atoms. The van der Waals surface area contributed by atoms with Crippen molar-refractivity contribution in [1.82, 2.24) is 14.9 Å². The summed E-state index contributed by atoms with van der Waals surface area (Å²) in [4.78, 5) is 36.2. The van der Waals surface area contributed by atoms with E-state index in [1.54, 1.807) is 11.3 Å². The minimum Gasteiger partial charge on any atom is -0.464 e. The number of aryl methyl sites for hydroxylation is 1. The Kier molecular flexibility index (Phi) is 4.41. The summed E-state index contributed by atoms with van der Waals surface area (Å²) in [5.74, 6) is 0.628. The minimum absolute atomic E-state index is 0.0131. The van der Waals surface area contributed by atoms with Gasteiger partial charge in [-0.15, -0.1) is 11.3 Å². The first kappa shape index (κ1) is 18.0. The van der Waals surface area contributed by atoms with Crippen LogP contribution in [-0.4, -0.2) is 21.4 Å². The van der Waals surface area contributed by atoms with Crippen molar-refractivity contribution in [1.29, 1.82) is 0 Å². The number of benzene rings is 1. The van der Waals surface area contributed by atoms with Crippen molar-refractivity contribution in [2.24, 2.45) is 0 Å². The zero-order valence-corrected chi connectivity index (χ0v) is 16.7. The number of nitrogens with zero attached hydrogens (tertiary/aromatic N) is 2. The molecule has 1 N–H and O–H groups in total. The highest BCUT2D eigenvalue weighted by Crippen LogP contribution is 2.23. The van der Waals surface area contributed by atoms with Crippen LogP contribution in [0.1, 0.15) is 22.4 Å². The SMILES string of the molecule is Cc1ccc2occ(CN3CCc4nc(-c5cccs5)[nH]c(=O)c4C3)c(=O)c2c1. The molecular formula is C22H19N3O3S. The van der Waals surface area contributed by atoms with Gasteiger partial charge in [-0.3, -0.25) is 14.5 Å². The first-order chi connectivity index (χ1) is 14.1. The van der Waals surface area contributed by atoms with E-state index in [1.165, 1.54) is 6.26 Å². The predicted molar refractivity (Wildman–Crippen MR) is 113 cm³/mol. The molecule has 0 bridgehead atoms. The fraction of sp³-hybridized carbons (Fsp3) is 0.227. The summed E-state index contributed by atoms with van der Waals surface area (Å²) in [5.41, 5.74) is 3.62. The Bertz CT molecular complexity index is 1320. The number of thiophene rings is 1. The lowest BCUT2D eigenvalue weighted by molar-refractivity contribution is 0.239. The quantitative estimate of drug-likeness (QED) is 0.565. The van der Waals surface area contributed by atoms with E-state index in [4.69, 9.17) is 4.42 Å². The van der Waals surface area contributed by atoms with E-state index in [1.807, 2.05) is 42.6 Å². The molecule has 0 saturated heterocycles. The average molecular weight is 405 g/mol. The number of aromatic amines is 1. The van der Waals surface area contributed by atoms with Gasteiger partial charge in [0.05, 0.1) is 27.8 Å². The number of H-pyrrole nitrogens is 1. The van der Waals surface area contributed by atoms with Crippen LogP contribution in [0.4, 0.5) is 0 Å². The van der Waals surface area contributed by atoms with Crippen LogP contribution in [0.3, 0.4) is 0 Å². The van der Waals surface area contributed by atoms with Gasteiger partial charge in [0.25, 0.3) is 5.56 Å². The molecule has 0 fully saturated rings. The van der Waals surface area contributed by atoms with Gasteiger partial charge in [-0.2, -0.15) is 0 Å². The minimum atomic E-state index is -0.107. The van der Waals surface area contributed by atoms with Gasteiger partial charge in [0.1, 0.15) is 5.58 Å². The Labute approximate surface area is 170 Å². The molecule has 4 heterocycles. The smallest absolute Gasteiger partial charge is 0.255 e. The largest absolute Gasteiger partial charge is 0.464 e. The van der Waals surface area contributed by atoms with Gasteiger partial charge in [-0.1, -0.05) is 17.7 Å². The number of fused-ring (bicyclic) bond motifs is 2. The van der Waals surface area contributed by atoms with Gasteiger partial charge in [-0.05, 0) is 30.5 Å². The highest BCUT2D eigenvalue weighted by atomic mass is 32.1. The normalized spacial score (nSPS) is 14.2. The van der Waals surface area contributed by atoms with E-state index in [-0.39, 0.29) is 11.0 Å². The first-order valence-corrected chi connectivity index (χ1v) is 10.4. The second-order valence-corrected chi connectivity index (χ2v) is 8.32. The third kappa shape index (κ3) is 3.32. The number of hydrogen-bond acceptors (Lipinski definition) is 6. The highest BCUT2D eigenvalue weighted by molar-refractivity contribution is 7.13. The Morgan fingerprint density at radius 3 is 3.00 bits per heavy atom. The zero-order chi connectivity index (χ0) is 20.0. The van der Waals surface area contributed by atoms with Crippen molar-refractivity contribution < 1.29 is 4.42 Å². The molecule has 0 unspecified atom stereocenters. The van der Waals surface area contributed by atoms with Gasteiger partial charge >= 0.3 is 0 Å². The van der Waals surface area contributed by atoms with Gasteiger partial charge < -0.3 is 9.40 Å². The second kappa shape index (κ2) is 7.09. The van der Waals surface area contributed by atoms with E-state index in [9.17, 15) is 9.59 Å². The standard InChI is InChI=1S/C22H19N3O3S/c1-13-4-5-18-15(9-13)20(26)14(12-28-18)10-25-7-6-17-16(11-25)22(27)24-21(23-17)19-3-2-8-29-19/h2-5,8-9,12H,6-7,10-11H2,1H3,(H,23,24,27). The molecule has 0 aliphatic carbocycles. The molecule has 146 valence electrons. The molecular weight excluding hydrogens is 386 g/mol. The summed E-state index contributed by atoms with van der Waals surface area (Å²) in [5, 5.41) is 2.56. The molecule has 0 radical (unpaired) electrons. The topological polar surface area (TPSA) is 79.2 Å². The Hall–Kier alpha value is -3.03. The fourth-order valence-corrected chi connectivity index (χ4v) is 4.45. The van der Waals surface area contributed by atoms with Gasteiger partial charge in [0.15, 0.2) is 11.3 Å². The maximum Gasteiger partial charge on any atom is 0.255 e. The maximum atomic E-state index is 12.9. The molecule has 5 rings (SSSR count). The molecule has 4 aromatic rings. The third-order valence-corrected chi connectivity index (χ3v) is 6.17. The lowest BCUT2D eigenvalue weighted by Crippen LogP contribution is -2.36. The van der Waals surface area contributed by atoms with Crippen LogP contribution in [-0.2, 0) is 19.5 Å². The van der Waals surface area contributed by atoms with Crippen molar-refractivity contribution in [3.8, 4) is 10.7 Å². The third-order valence-electron chi connectivity index (χ3n) is 5.30. The fourth-order valence-electron chi connectivity index (χ4n) is 3.78. The van der Waals surface area contributed by atoms with Crippen molar-refractivity contribution in [3.63, 3.8) is 0 Å². The maximum absolute atomic E-state index is 12.9. The van der Waals surface area contributed by atoms with E-state index in [2.05, 4.69) is 14.9 Å². The van der Waals surface area contributed by atoms with Gasteiger partial charge in [0.2, 0.25) is 0 Å². The van der Waals surface area contributed by atoms with Crippen LogP contribution in [0.5, 0.6) is 0 Å². The van der Waals surface area contributed by atoms with Crippen LogP contribution in [0, 0.1) is 6.92 Å². The average Bonchev–Trinajstić information content (AvgIpc) is 3.26. The van der Waals surface area contributed by atoms with E-state index >= 15 is 0 Å². The van der Waals surface area contributed by atoms with Crippen LogP contribution in [0.25, 0.3) is 21.7 Å². The summed E-state index contributed by atoms with van der Waals surface area (Å²) in [6.45, 7) is 3.60. The molecule has 1 aliphatic rings. The first-order valence-electron chi connectivity index (χ1n) is 9.48. The van der Waals surface area contributed by atoms with E-state index < -0.39 is 0 Å². The highest BCUT2D eigenvalue weighted by Gasteiger charge is 2.23. The molecule has 7 heteroatoms. The van der Waals surface area contributed by atoms with Gasteiger partial charge in [0, 0.05) is 31.6 Å². The van der Waals surface area contributed by atoms with E-state index in [0.29, 0.717) is 47.4 Å². The van der Waals surface area contributed by atoms with Crippen LogP contribution in [0.15, 0.2) is 56.0 Å². The molecule has 6 nitrogen and oxygen atoms in total. The zero-order valence-electron chi connectivity index (χ0n) is 15.9. The summed E-state index contributed by atoms with van der Waals surface area (Å²) in [6, 6.07) is 9.50. The second-order valence-electron chi connectivity index (χ2n) is 7.37. The summed E-state index contributed by atoms with van der Waals surface area (Å²) in [7, 11) is 0. The number of aromatic nitrogens is 2. The Balaban J connectivity index is 1.43.